The number of alkyl halides is 3. The van der Waals surface area contributed by atoms with E-state index in [1.807, 2.05) is 6.92 Å². The van der Waals surface area contributed by atoms with Crippen LogP contribution in [0.5, 0.6) is 0 Å². The highest BCUT2D eigenvalue weighted by molar-refractivity contribution is 4.59. The van der Waals surface area contributed by atoms with Crippen LogP contribution in [0.15, 0.2) is 0 Å². The third-order valence-corrected chi connectivity index (χ3v) is 1.98. The molecule has 2 nitrogen and oxygen atoms in total. The van der Waals surface area contributed by atoms with E-state index in [1.54, 1.807) is 0 Å². The number of nitrogens with one attached hydrogen (secondary N) is 1. The SMILES string of the molecule is CC(CCCN)CNCCC(F)(F)F. The normalized spacial score (nSPS) is 14.4. The number of hydrogen-bond donors (Lipinski definition) is 2. The summed E-state index contributed by atoms with van der Waals surface area (Å²) in [6.07, 6.45) is -2.90. The Balaban J connectivity index is 3.27. The molecule has 0 amide bonds. The minimum atomic E-state index is -4.05. The van der Waals surface area contributed by atoms with Crippen LogP contribution in [0.4, 0.5) is 13.2 Å². The number of hydrogen-bond acceptors (Lipinski definition) is 2. The fourth-order valence-electron chi connectivity index (χ4n) is 1.15. The summed E-state index contributed by atoms with van der Waals surface area (Å²) in [4.78, 5) is 0. The van der Waals surface area contributed by atoms with Crippen molar-refractivity contribution in [3.05, 3.63) is 0 Å². The fourth-order valence-corrected chi connectivity index (χ4v) is 1.15. The maximum absolute atomic E-state index is 11.7. The summed E-state index contributed by atoms with van der Waals surface area (Å²) in [5.41, 5.74) is 5.32. The van der Waals surface area contributed by atoms with Gasteiger partial charge < -0.3 is 11.1 Å². The molecule has 86 valence electrons. The Kier molecular flexibility index (Phi) is 6.92. The lowest BCUT2D eigenvalue weighted by Crippen LogP contribution is -2.26. The van der Waals surface area contributed by atoms with Crippen LogP contribution in [-0.2, 0) is 0 Å². The van der Waals surface area contributed by atoms with Crippen molar-refractivity contribution in [1.29, 1.82) is 0 Å². The first-order valence-electron chi connectivity index (χ1n) is 4.93. The third kappa shape index (κ3) is 9.80. The van der Waals surface area contributed by atoms with Gasteiger partial charge in [0.05, 0.1) is 6.42 Å². The fraction of sp³-hybridized carbons (Fsp3) is 1.00. The molecule has 0 aliphatic rings. The quantitative estimate of drug-likeness (QED) is 0.632. The number of nitrogens with two attached hydrogens (primary N) is 1. The Morgan fingerprint density at radius 3 is 2.50 bits per heavy atom. The summed E-state index contributed by atoms with van der Waals surface area (Å²) in [7, 11) is 0. The van der Waals surface area contributed by atoms with E-state index in [9.17, 15) is 13.2 Å². The van der Waals surface area contributed by atoms with Crippen LogP contribution in [0.2, 0.25) is 0 Å². The predicted octanol–water partition coefficient (Wildman–Crippen LogP) is 1.90. The van der Waals surface area contributed by atoms with E-state index < -0.39 is 12.6 Å². The first kappa shape index (κ1) is 13.7. The van der Waals surface area contributed by atoms with Gasteiger partial charge in [-0.1, -0.05) is 6.92 Å². The van der Waals surface area contributed by atoms with Gasteiger partial charge in [0, 0.05) is 6.54 Å². The van der Waals surface area contributed by atoms with E-state index in [0.29, 0.717) is 19.0 Å². The van der Waals surface area contributed by atoms with Gasteiger partial charge >= 0.3 is 6.18 Å². The summed E-state index contributed by atoms with van der Waals surface area (Å²) in [5.74, 6) is 0.395. The lowest BCUT2D eigenvalue weighted by Gasteiger charge is -2.12. The Bertz CT molecular complexity index is 137. The third-order valence-electron chi connectivity index (χ3n) is 1.98. The second kappa shape index (κ2) is 7.06. The molecule has 0 aromatic rings. The zero-order valence-electron chi connectivity index (χ0n) is 8.53. The van der Waals surface area contributed by atoms with E-state index >= 15 is 0 Å². The molecule has 0 fully saturated rings. The molecule has 3 N–H and O–H groups in total. The van der Waals surface area contributed by atoms with Gasteiger partial charge in [0.15, 0.2) is 0 Å². The molecule has 0 bridgehead atoms. The van der Waals surface area contributed by atoms with E-state index in [2.05, 4.69) is 5.32 Å². The molecule has 0 saturated heterocycles. The molecule has 1 unspecified atom stereocenters. The molecule has 0 spiro atoms. The van der Waals surface area contributed by atoms with Gasteiger partial charge in [0.25, 0.3) is 0 Å². The lowest BCUT2D eigenvalue weighted by atomic mass is 10.1. The van der Waals surface area contributed by atoms with Crippen LogP contribution in [0.1, 0.15) is 26.2 Å². The molecular formula is C9H19F3N2. The first-order chi connectivity index (χ1) is 6.45. The van der Waals surface area contributed by atoms with Crippen LogP contribution in [0.3, 0.4) is 0 Å². The Hall–Kier alpha value is -0.290. The highest BCUT2D eigenvalue weighted by Gasteiger charge is 2.25. The maximum atomic E-state index is 11.7. The van der Waals surface area contributed by atoms with Crippen molar-refractivity contribution in [2.45, 2.75) is 32.4 Å². The van der Waals surface area contributed by atoms with E-state index in [1.165, 1.54) is 0 Å². The van der Waals surface area contributed by atoms with Crippen LogP contribution in [-0.4, -0.2) is 25.8 Å². The second-order valence-corrected chi connectivity index (χ2v) is 3.61. The van der Waals surface area contributed by atoms with Crippen molar-refractivity contribution in [1.82, 2.24) is 5.32 Å². The van der Waals surface area contributed by atoms with Crippen LogP contribution >= 0.6 is 0 Å². The minimum absolute atomic E-state index is 0.0104. The first-order valence-corrected chi connectivity index (χ1v) is 4.93. The molecule has 0 aliphatic heterocycles. The Morgan fingerprint density at radius 1 is 1.36 bits per heavy atom. The summed E-state index contributed by atoms with van der Waals surface area (Å²) < 4.78 is 35.2. The summed E-state index contributed by atoms with van der Waals surface area (Å²) >= 11 is 0. The molecule has 0 rings (SSSR count). The van der Waals surface area contributed by atoms with Crippen molar-refractivity contribution >= 4 is 0 Å². The Labute approximate surface area is 83.0 Å². The topological polar surface area (TPSA) is 38.0 Å². The van der Waals surface area contributed by atoms with E-state index in [0.717, 1.165) is 12.8 Å². The molecule has 14 heavy (non-hydrogen) atoms. The minimum Gasteiger partial charge on any atom is -0.330 e. The predicted molar refractivity (Wildman–Crippen MR) is 51.0 cm³/mol. The van der Waals surface area contributed by atoms with Gasteiger partial charge in [-0.15, -0.1) is 0 Å². The monoisotopic (exact) mass is 212 g/mol. The average Bonchev–Trinajstić information content (AvgIpc) is 2.07. The lowest BCUT2D eigenvalue weighted by molar-refractivity contribution is -0.133. The van der Waals surface area contributed by atoms with Crippen LogP contribution < -0.4 is 11.1 Å². The van der Waals surface area contributed by atoms with Gasteiger partial charge in [0.1, 0.15) is 0 Å². The zero-order chi connectivity index (χ0) is 11.0. The number of rotatable bonds is 7. The van der Waals surface area contributed by atoms with Crippen LogP contribution in [0, 0.1) is 5.92 Å². The average molecular weight is 212 g/mol. The summed E-state index contributed by atoms with van der Waals surface area (Å²) in [5, 5.41) is 2.79. The van der Waals surface area contributed by atoms with Crippen molar-refractivity contribution in [3.8, 4) is 0 Å². The molecule has 0 saturated carbocycles. The molecular weight excluding hydrogens is 193 g/mol. The molecule has 5 heteroatoms. The van der Waals surface area contributed by atoms with Gasteiger partial charge in [-0.05, 0) is 31.8 Å². The summed E-state index contributed by atoms with van der Waals surface area (Å²) in [6, 6.07) is 0. The zero-order valence-corrected chi connectivity index (χ0v) is 8.53. The van der Waals surface area contributed by atoms with Crippen molar-refractivity contribution in [2.75, 3.05) is 19.6 Å². The van der Waals surface area contributed by atoms with E-state index in [4.69, 9.17) is 5.73 Å². The standard InChI is InChI=1S/C9H19F3N2/c1-8(3-2-5-13)7-14-6-4-9(10,11)12/h8,14H,2-7,13H2,1H3. The highest BCUT2D eigenvalue weighted by atomic mass is 19.4. The largest absolute Gasteiger partial charge is 0.390 e. The second-order valence-electron chi connectivity index (χ2n) is 3.61. The van der Waals surface area contributed by atoms with E-state index in [-0.39, 0.29) is 6.54 Å². The highest BCUT2D eigenvalue weighted by Crippen LogP contribution is 2.18. The van der Waals surface area contributed by atoms with Crippen molar-refractivity contribution in [3.63, 3.8) is 0 Å². The molecule has 1 atom stereocenters. The van der Waals surface area contributed by atoms with Crippen molar-refractivity contribution < 1.29 is 13.2 Å². The van der Waals surface area contributed by atoms with Crippen molar-refractivity contribution in [2.24, 2.45) is 11.7 Å². The molecule has 0 aromatic carbocycles. The maximum Gasteiger partial charge on any atom is 0.390 e. The Morgan fingerprint density at radius 2 is 2.00 bits per heavy atom. The summed E-state index contributed by atoms with van der Waals surface area (Å²) in [6.45, 7) is 3.30. The smallest absolute Gasteiger partial charge is 0.330 e. The van der Waals surface area contributed by atoms with Crippen LogP contribution in [0.25, 0.3) is 0 Å². The van der Waals surface area contributed by atoms with Gasteiger partial charge in [-0.3, -0.25) is 0 Å². The van der Waals surface area contributed by atoms with Gasteiger partial charge in [-0.2, -0.15) is 13.2 Å². The van der Waals surface area contributed by atoms with Gasteiger partial charge in [-0.25, -0.2) is 0 Å². The molecule has 0 radical (unpaired) electrons. The molecule has 0 aromatic heterocycles. The van der Waals surface area contributed by atoms with Gasteiger partial charge in [0.2, 0.25) is 0 Å². The molecule has 0 aliphatic carbocycles. The number of halogens is 3. The molecule has 0 heterocycles.